The van der Waals surface area contributed by atoms with Crippen molar-refractivity contribution in [2.24, 2.45) is 0 Å². The van der Waals surface area contributed by atoms with E-state index >= 15 is 0 Å². The van der Waals surface area contributed by atoms with E-state index in [0.29, 0.717) is 17.7 Å². The molecule has 0 aliphatic rings. The lowest BCUT2D eigenvalue weighted by Crippen LogP contribution is -2.40. The van der Waals surface area contributed by atoms with Crippen molar-refractivity contribution >= 4 is 17.6 Å². The minimum absolute atomic E-state index is 0.390. The average molecular weight is 250 g/mol. The second kappa shape index (κ2) is 6.64. The van der Waals surface area contributed by atoms with Crippen molar-refractivity contribution in [1.29, 1.82) is 0 Å². The molecule has 1 amide bonds. The summed E-state index contributed by atoms with van der Waals surface area (Å²) in [7, 11) is 0. The first-order valence-corrected chi connectivity index (χ1v) is 5.93. The molecule has 1 aromatic rings. The van der Waals surface area contributed by atoms with Gasteiger partial charge in [-0.15, -0.1) is 0 Å². The number of aliphatic carboxylic acids is 1. The zero-order valence-corrected chi connectivity index (χ0v) is 10.3. The summed E-state index contributed by atoms with van der Waals surface area (Å²) in [5, 5.41) is 11.5. The van der Waals surface area contributed by atoms with E-state index in [1.54, 1.807) is 24.3 Å². The predicted octanol–water partition coefficient (Wildman–Crippen LogP) is 1.64. The van der Waals surface area contributed by atoms with Crippen molar-refractivity contribution in [3.8, 4) is 0 Å². The lowest BCUT2D eigenvalue weighted by atomic mass is 10.1. The van der Waals surface area contributed by atoms with Gasteiger partial charge in [0.25, 0.3) is 5.91 Å². The Morgan fingerprint density at radius 2 is 1.94 bits per heavy atom. The third kappa shape index (κ3) is 4.08. The highest BCUT2D eigenvalue weighted by Gasteiger charge is 2.19. The van der Waals surface area contributed by atoms with Gasteiger partial charge in [-0.25, -0.2) is 4.79 Å². The number of carbonyl (C=O) groups excluding carboxylic acids is 1. The van der Waals surface area contributed by atoms with Crippen LogP contribution < -0.4 is 11.1 Å². The van der Waals surface area contributed by atoms with Crippen LogP contribution in [0.5, 0.6) is 0 Å². The summed E-state index contributed by atoms with van der Waals surface area (Å²) in [6.45, 7) is 1.97. The fourth-order valence-electron chi connectivity index (χ4n) is 1.54. The summed E-state index contributed by atoms with van der Waals surface area (Å²) in [5.41, 5.74) is 6.49. The summed E-state index contributed by atoms with van der Waals surface area (Å²) in [5.74, 6) is -1.40. The summed E-state index contributed by atoms with van der Waals surface area (Å²) < 4.78 is 0. The van der Waals surface area contributed by atoms with Gasteiger partial charge in [0.15, 0.2) is 0 Å². The number of amides is 1. The summed E-state index contributed by atoms with van der Waals surface area (Å²) in [6, 6.07) is 5.52. The third-order valence-corrected chi connectivity index (χ3v) is 2.62. The van der Waals surface area contributed by atoms with Gasteiger partial charge in [-0.1, -0.05) is 19.8 Å². The first kappa shape index (κ1) is 14.0. The van der Waals surface area contributed by atoms with Gasteiger partial charge in [0.1, 0.15) is 6.04 Å². The second-order valence-corrected chi connectivity index (χ2v) is 4.13. The SMILES string of the molecule is CCCC[C@H](NC(=O)c1ccc(N)cc1)C(=O)O. The Kier molecular flexibility index (Phi) is 5.17. The maximum Gasteiger partial charge on any atom is 0.326 e. The van der Waals surface area contributed by atoms with Gasteiger partial charge in [-0.2, -0.15) is 0 Å². The van der Waals surface area contributed by atoms with Gasteiger partial charge >= 0.3 is 5.97 Å². The number of carbonyl (C=O) groups is 2. The molecule has 0 fully saturated rings. The van der Waals surface area contributed by atoms with Crippen LogP contribution in [0.1, 0.15) is 36.5 Å². The molecule has 0 aliphatic carbocycles. The first-order valence-electron chi connectivity index (χ1n) is 5.93. The molecule has 0 aliphatic heterocycles. The molecule has 0 heterocycles. The van der Waals surface area contributed by atoms with E-state index in [0.717, 1.165) is 12.8 Å². The molecule has 18 heavy (non-hydrogen) atoms. The van der Waals surface area contributed by atoms with Gasteiger partial charge in [0.2, 0.25) is 0 Å². The van der Waals surface area contributed by atoms with Crippen LogP contribution in [0.25, 0.3) is 0 Å². The maximum absolute atomic E-state index is 11.8. The lowest BCUT2D eigenvalue weighted by molar-refractivity contribution is -0.139. The van der Waals surface area contributed by atoms with Crippen LogP contribution >= 0.6 is 0 Å². The largest absolute Gasteiger partial charge is 0.480 e. The molecule has 0 spiro atoms. The van der Waals surface area contributed by atoms with E-state index in [1.807, 2.05) is 6.92 Å². The van der Waals surface area contributed by atoms with Crippen LogP contribution in [0.3, 0.4) is 0 Å². The minimum atomic E-state index is -1.01. The smallest absolute Gasteiger partial charge is 0.326 e. The zero-order valence-electron chi connectivity index (χ0n) is 10.3. The lowest BCUT2D eigenvalue weighted by Gasteiger charge is -2.14. The summed E-state index contributed by atoms with van der Waals surface area (Å²) in [4.78, 5) is 22.8. The van der Waals surface area contributed by atoms with Gasteiger partial charge in [0, 0.05) is 11.3 Å². The zero-order chi connectivity index (χ0) is 13.5. The number of hydrogen-bond donors (Lipinski definition) is 3. The molecule has 0 bridgehead atoms. The quantitative estimate of drug-likeness (QED) is 0.669. The number of rotatable bonds is 6. The molecular weight excluding hydrogens is 232 g/mol. The van der Waals surface area contributed by atoms with Crippen molar-refractivity contribution in [1.82, 2.24) is 5.32 Å². The number of hydrogen-bond acceptors (Lipinski definition) is 3. The Hall–Kier alpha value is -2.04. The number of benzene rings is 1. The predicted molar refractivity (Wildman–Crippen MR) is 69.3 cm³/mol. The highest BCUT2D eigenvalue weighted by Crippen LogP contribution is 2.07. The Morgan fingerprint density at radius 3 is 2.44 bits per heavy atom. The van der Waals surface area contributed by atoms with Gasteiger partial charge < -0.3 is 16.2 Å². The van der Waals surface area contributed by atoms with Crippen molar-refractivity contribution in [3.63, 3.8) is 0 Å². The Bertz CT molecular complexity index is 415. The number of nitrogens with two attached hydrogens (primary N) is 1. The number of carboxylic acid groups (broad SMARTS) is 1. The molecule has 0 aromatic heterocycles. The highest BCUT2D eigenvalue weighted by molar-refractivity contribution is 5.96. The summed E-state index contributed by atoms with van der Waals surface area (Å²) >= 11 is 0. The first-order chi connectivity index (χ1) is 8.54. The number of anilines is 1. The van der Waals surface area contributed by atoms with Crippen LogP contribution in [-0.4, -0.2) is 23.0 Å². The van der Waals surface area contributed by atoms with Crippen LogP contribution in [0, 0.1) is 0 Å². The highest BCUT2D eigenvalue weighted by atomic mass is 16.4. The van der Waals surface area contributed by atoms with Crippen LogP contribution in [0.4, 0.5) is 5.69 Å². The molecule has 98 valence electrons. The second-order valence-electron chi connectivity index (χ2n) is 4.13. The van der Waals surface area contributed by atoms with E-state index in [9.17, 15) is 9.59 Å². The molecule has 1 atom stereocenters. The fraction of sp³-hybridized carbons (Fsp3) is 0.385. The topological polar surface area (TPSA) is 92.4 Å². The standard InChI is InChI=1S/C13H18N2O3/c1-2-3-4-11(13(17)18)15-12(16)9-5-7-10(14)8-6-9/h5-8,11H,2-4,14H2,1H3,(H,15,16)(H,17,18)/t11-/m0/s1. The number of nitrogen functional groups attached to an aromatic ring is 1. The van der Waals surface area contributed by atoms with Crippen molar-refractivity contribution in [2.45, 2.75) is 32.2 Å². The van der Waals surface area contributed by atoms with Crippen LogP contribution in [-0.2, 0) is 4.79 Å². The number of carboxylic acids is 1. The minimum Gasteiger partial charge on any atom is -0.480 e. The van der Waals surface area contributed by atoms with E-state index < -0.39 is 17.9 Å². The monoisotopic (exact) mass is 250 g/mol. The maximum atomic E-state index is 11.8. The van der Waals surface area contributed by atoms with Gasteiger partial charge in [0.05, 0.1) is 0 Å². The Labute approximate surface area is 106 Å². The van der Waals surface area contributed by atoms with Crippen molar-refractivity contribution in [3.05, 3.63) is 29.8 Å². The van der Waals surface area contributed by atoms with Gasteiger partial charge in [-0.3, -0.25) is 4.79 Å². The van der Waals surface area contributed by atoms with E-state index in [1.165, 1.54) is 0 Å². The molecular formula is C13H18N2O3. The molecule has 5 nitrogen and oxygen atoms in total. The molecule has 0 unspecified atom stereocenters. The molecule has 0 saturated heterocycles. The van der Waals surface area contributed by atoms with Crippen molar-refractivity contribution in [2.75, 3.05) is 5.73 Å². The Morgan fingerprint density at radius 1 is 1.33 bits per heavy atom. The van der Waals surface area contributed by atoms with Crippen molar-refractivity contribution < 1.29 is 14.7 Å². The Balaban J connectivity index is 2.66. The number of nitrogens with one attached hydrogen (secondary N) is 1. The van der Waals surface area contributed by atoms with Crippen LogP contribution in [0.15, 0.2) is 24.3 Å². The number of unbranched alkanes of at least 4 members (excludes halogenated alkanes) is 1. The van der Waals surface area contributed by atoms with E-state index in [2.05, 4.69) is 5.32 Å². The summed E-state index contributed by atoms with van der Waals surface area (Å²) in [6.07, 6.45) is 2.09. The molecule has 1 aromatic carbocycles. The molecule has 1 rings (SSSR count). The average Bonchev–Trinajstić information content (AvgIpc) is 2.34. The van der Waals surface area contributed by atoms with E-state index in [-0.39, 0.29) is 0 Å². The van der Waals surface area contributed by atoms with E-state index in [4.69, 9.17) is 10.8 Å². The molecule has 0 radical (unpaired) electrons. The van der Waals surface area contributed by atoms with Gasteiger partial charge in [-0.05, 0) is 30.7 Å². The normalized spacial score (nSPS) is 11.8. The van der Waals surface area contributed by atoms with Crippen LogP contribution in [0.2, 0.25) is 0 Å². The third-order valence-electron chi connectivity index (χ3n) is 2.62. The molecule has 5 heteroatoms. The molecule has 4 N–H and O–H groups in total. The molecule has 0 saturated carbocycles. The fourth-order valence-corrected chi connectivity index (χ4v) is 1.54.